The van der Waals surface area contributed by atoms with Gasteiger partial charge in [0.2, 0.25) is 0 Å². The summed E-state index contributed by atoms with van der Waals surface area (Å²) < 4.78 is 28.5. The highest BCUT2D eigenvalue weighted by atomic mass is 16.7. The number of ether oxygens (including phenoxy) is 5. The number of aliphatic hydroxyl groups is 6. The second-order valence-electron chi connectivity index (χ2n) is 13.1. The van der Waals surface area contributed by atoms with Gasteiger partial charge in [0.15, 0.2) is 12.1 Å². The van der Waals surface area contributed by atoms with Gasteiger partial charge in [0.1, 0.15) is 24.2 Å². The molecule has 0 aromatic rings. The molecule has 0 aliphatic carbocycles. The molecule has 0 saturated carbocycles. The smallest absolute Gasteiger partial charge is 0.330 e. The predicted octanol–water partition coefficient (Wildman–Crippen LogP) is -0.943. The predicted molar refractivity (Wildman–Crippen MR) is 181 cm³/mol. The van der Waals surface area contributed by atoms with Crippen molar-refractivity contribution in [1.82, 2.24) is 0 Å². The van der Waals surface area contributed by atoms with Crippen LogP contribution >= 0.6 is 0 Å². The van der Waals surface area contributed by atoms with Gasteiger partial charge in [-0.25, -0.2) is 4.79 Å². The summed E-state index contributed by atoms with van der Waals surface area (Å²) in [5, 5.41) is 71.7. The normalized spacial score (nSPS) is 44.1. The largest absolute Gasteiger partial charge is 0.481 e. The van der Waals surface area contributed by atoms with Gasteiger partial charge in [-0.15, -0.1) is 0 Å². The Hall–Kier alpha value is -2.84. The van der Waals surface area contributed by atoms with E-state index < -0.39 is 97.3 Å². The van der Waals surface area contributed by atoms with Gasteiger partial charge in [0, 0.05) is 44.7 Å². The molecule has 14 atom stereocenters. The molecule has 16 heteroatoms. The van der Waals surface area contributed by atoms with Crippen LogP contribution in [0.25, 0.3) is 0 Å². The van der Waals surface area contributed by atoms with Crippen LogP contribution in [0.3, 0.4) is 0 Å². The van der Waals surface area contributed by atoms with Crippen LogP contribution in [0.1, 0.15) is 46.0 Å². The van der Waals surface area contributed by atoms with Crippen LogP contribution in [-0.2, 0) is 33.3 Å². The maximum Gasteiger partial charge on any atom is 0.330 e. The molecule has 0 spiro atoms. The zero-order chi connectivity index (χ0) is 37.7. The summed E-state index contributed by atoms with van der Waals surface area (Å²) in [5.41, 5.74) is 10.8. The van der Waals surface area contributed by atoms with Crippen LogP contribution < -0.4 is 11.5 Å². The van der Waals surface area contributed by atoms with Gasteiger partial charge in [-0.1, -0.05) is 48.6 Å². The van der Waals surface area contributed by atoms with Gasteiger partial charge in [-0.2, -0.15) is 0 Å². The first-order valence-corrected chi connectivity index (χ1v) is 17.1. The zero-order valence-electron chi connectivity index (χ0n) is 28.9. The van der Waals surface area contributed by atoms with Crippen LogP contribution in [0.4, 0.5) is 0 Å². The highest BCUT2D eigenvalue weighted by Crippen LogP contribution is 2.39. The number of esters is 1. The lowest BCUT2D eigenvalue weighted by Gasteiger charge is -2.45. The van der Waals surface area contributed by atoms with Crippen LogP contribution in [0.2, 0.25) is 0 Å². The van der Waals surface area contributed by atoms with Crippen molar-refractivity contribution in [3.05, 3.63) is 60.8 Å². The van der Waals surface area contributed by atoms with Crippen molar-refractivity contribution in [2.75, 3.05) is 13.2 Å². The summed E-state index contributed by atoms with van der Waals surface area (Å²) in [5.74, 6) is -5.45. The maximum absolute atomic E-state index is 12.3. The molecular weight excluding hydrogens is 672 g/mol. The standard InChI is InChI=1S/C33H47NO13.C2H7NO/c1-18-10-8-6-4-3-5-7-9-11-21(45-32-30(39)28(34)29(38)19(2)44-32)15-25-27(31(40)41)22(36)17-33(42,47-25)16-20(35)14-24-23(46-24)12-13-26(37)43-18;3-1-2-4/h3-9,11-13,18-25,27-30,32,35-36,38-39,42H,10,14-17,34H2,1-2H3,(H,40,41);4H,1-3H2/b4-3+,7-5+,8-6+,11-9+,13-12+;/t18?,19-,20?,21?,22?,23?,24?,25?,27?,28+,29-,30+,32+,33?;/m1./s1. The molecule has 288 valence electrons. The van der Waals surface area contributed by atoms with Crippen LogP contribution in [0, 0.1) is 5.92 Å². The molecule has 9 unspecified atom stereocenters. The van der Waals surface area contributed by atoms with Gasteiger partial charge in [-0.05, 0) is 19.9 Å². The number of rotatable bonds is 4. The fourth-order valence-electron chi connectivity index (χ4n) is 6.00. The van der Waals surface area contributed by atoms with E-state index in [1.807, 2.05) is 6.08 Å². The minimum Gasteiger partial charge on any atom is -0.481 e. The SMILES string of the molecule is CC1C/C=C/C=C/C=C/C=C/C(O[C@@H]2O[C@H](C)[C@@H](O)[C@H](N)[C@@H]2O)CC2OC(O)(CC(O)CC3OC3/C=C/C(=O)O1)CC(O)C2C(=O)O.NCCO. The average molecular weight is 727 g/mol. The Morgan fingerprint density at radius 1 is 0.961 bits per heavy atom. The number of epoxide rings is 1. The van der Waals surface area contributed by atoms with E-state index in [2.05, 4.69) is 0 Å². The molecule has 4 heterocycles. The number of aliphatic hydroxyl groups excluding tert-OH is 5. The monoisotopic (exact) mass is 726 g/mol. The third-order valence-corrected chi connectivity index (χ3v) is 8.70. The topological polar surface area (TPSA) is 277 Å². The van der Waals surface area contributed by atoms with Crippen LogP contribution in [-0.4, -0.2) is 140 Å². The van der Waals surface area contributed by atoms with Crippen molar-refractivity contribution in [3.8, 4) is 0 Å². The maximum atomic E-state index is 12.3. The Bertz CT molecular complexity index is 1260. The summed E-state index contributed by atoms with van der Waals surface area (Å²) in [6.45, 7) is 3.81. The van der Waals surface area contributed by atoms with Crippen molar-refractivity contribution in [1.29, 1.82) is 0 Å². The Morgan fingerprint density at radius 3 is 2.29 bits per heavy atom. The third-order valence-electron chi connectivity index (χ3n) is 8.70. The van der Waals surface area contributed by atoms with Gasteiger partial charge >= 0.3 is 11.9 Å². The average Bonchev–Trinajstić information content (AvgIpc) is 3.80. The van der Waals surface area contributed by atoms with Gasteiger partial charge in [-0.3, -0.25) is 4.79 Å². The number of carboxylic acids is 1. The number of allylic oxidation sites excluding steroid dienone is 6. The van der Waals surface area contributed by atoms with E-state index in [9.17, 15) is 40.2 Å². The lowest BCUT2D eigenvalue weighted by atomic mass is 9.83. The molecule has 0 aromatic carbocycles. The lowest BCUT2D eigenvalue weighted by molar-refractivity contribution is -0.308. The van der Waals surface area contributed by atoms with E-state index in [0.29, 0.717) is 13.0 Å². The Labute approximate surface area is 297 Å². The molecule has 51 heavy (non-hydrogen) atoms. The Morgan fingerprint density at radius 2 is 1.63 bits per heavy atom. The molecule has 4 aliphatic rings. The van der Waals surface area contributed by atoms with Gasteiger partial charge in [0.05, 0.1) is 55.4 Å². The van der Waals surface area contributed by atoms with Crippen molar-refractivity contribution in [2.24, 2.45) is 17.4 Å². The van der Waals surface area contributed by atoms with Crippen molar-refractivity contribution in [3.63, 3.8) is 0 Å². The number of nitrogens with two attached hydrogens (primary N) is 2. The Balaban J connectivity index is 0.00000166. The molecule has 16 nitrogen and oxygen atoms in total. The zero-order valence-corrected chi connectivity index (χ0v) is 28.9. The molecule has 2 bridgehead atoms. The minimum atomic E-state index is -2.10. The number of carboxylic acid groups (broad SMARTS) is 1. The molecule has 3 fully saturated rings. The third kappa shape index (κ3) is 13.6. The van der Waals surface area contributed by atoms with Gasteiger partial charge < -0.3 is 70.9 Å². The quantitative estimate of drug-likeness (QED) is 0.125. The first-order valence-electron chi connectivity index (χ1n) is 17.1. The van der Waals surface area contributed by atoms with E-state index in [1.165, 1.54) is 12.2 Å². The summed E-state index contributed by atoms with van der Waals surface area (Å²) in [6.07, 6.45) is 5.25. The molecular formula is C35H54N2O14. The number of hydrogen-bond donors (Lipinski definition) is 9. The summed E-state index contributed by atoms with van der Waals surface area (Å²) >= 11 is 0. The van der Waals surface area contributed by atoms with E-state index in [1.54, 1.807) is 56.4 Å². The summed E-state index contributed by atoms with van der Waals surface area (Å²) in [6, 6.07) is -1.08. The fourth-order valence-corrected chi connectivity index (χ4v) is 6.00. The number of fused-ring (bicyclic) bond motifs is 3. The van der Waals surface area contributed by atoms with Crippen LogP contribution in [0.5, 0.6) is 0 Å². The van der Waals surface area contributed by atoms with E-state index in [-0.39, 0.29) is 32.0 Å². The van der Waals surface area contributed by atoms with E-state index in [4.69, 9.17) is 40.3 Å². The van der Waals surface area contributed by atoms with Crippen LogP contribution in [0.15, 0.2) is 60.8 Å². The highest BCUT2D eigenvalue weighted by Gasteiger charge is 2.51. The second-order valence-corrected chi connectivity index (χ2v) is 13.1. The molecule has 4 rings (SSSR count). The highest BCUT2D eigenvalue weighted by molar-refractivity contribution is 5.82. The van der Waals surface area contributed by atoms with E-state index >= 15 is 0 Å². The molecule has 4 aliphatic heterocycles. The second kappa shape index (κ2) is 20.4. The fraction of sp³-hybridized carbons (Fsp3) is 0.657. The van der Waals surface area contributed by atoms with Gasteiger partial charge in [0.25, 0.3) is 0 Å². The number of hydrogen-bond acceptors (Lipinski definition) is 15. The molecule has 0 radical (unpaired) electrons. The number of carbonyl (C=O) groups is 2. The minimum absolute atomic E-state index is 0.0789. The van der Waals surface area contributed by atoms with E-state index in [0.717, 1.165) is 0 Å². The lowest BCUT2D eigenvalue weighted by Crippen LogP contribution is -2.61. The van der Waals surface area contributed by atoms with Crippen molar-refractivity contribution in [2.45, 2.75) is 125 Å². The molecule has 11 N–H and O–H groups in total. The summed E-state index contributed by atoms with van der Waals surface area (Å²) in [4.78, 5) is 24.4. The number of cyclic esters (lactones) is 1. The van der Waals surface area contributed by atoms with Crippen molar-refractivity contribution >= 4 is 11.9 Å². The molecule has 0 amide bonds. The van der Waals surface area contributed by atoms with Crippen molar-refractivity contribution < 1.29 is 69.0 Å². The molecule has 3 saturated heterocycles. The Kier molecular flexibility index (Phi) is 17.0. The molecule has 0 aromatic heterocycles. The first-order chi connectivity index (χ1) is 24.2. The first kappa shape index (κ1) is 42.6. The summed E-state index contributed by atoms with van der Waals surface area (Å²) in [7, 11) is 0. The number of aliphatic carboxylic acids is 1. The number of carbonyl (C=O) groups excluding carboxylic acids is 1.